The van der Waals surface area contributed by atoms with Crippen LogP contribution in [0, 0.1) is 5.82 Å². The van der Waals surface area contributed by atoms with Crippen LogP contribution in [0.4, 0.5) is 9.18 Å². The van der Waals surface area contributed by atoms with E-state index in [4.69, 9.17) is 0 Å². The van der Waals surface area contributed by atoms with E-state index in [9.17, 15) is 14.0 Å². The van der Waals surface area contributed by atoms with E-state index in [1.54, 1.807) is 0 Å². The lowest BCUT2D eigenvalue weighted by molar-refractivity contribution is -0.124. The van der Waals surface area contributed by atoms with Crippen molar-refractivity contribution in [3.8, 4) is 0 Å². The van der Waals surface area contributed by atoms with Gasteiger partial charge in [0.1, 0.15) is 11.4 Å². The van der Waals surface area contributed by atoms with Crippen LogP contribution in [-0.2, 0) is 10.3 Å². The third kappa shape index (κ3) is 2.08. The predicted molar refractivity (Wildman–Crippen MR) is 64.3 cm³/mol. The molecular formula is C13H15FN2O2. The summed E-state index contributed by atoms with van der Waals surface area (Å²) in [4.78, 5) is 23.4. The van der Waals surface area contributed by atoms with Gasteiger partial charge in [-0.25, -0.2) is 9.18 Å². The molecular weight excluding hydrogens is 235 g/mol. The minimum absolute atomic E-state index is 0.367. The standard InChI is InChI=1S/C13H15FN2O2/c1-2-3-8-13(11(17)15-12(18)16-13)9-4-6-10(14)7-5-9/h4-7H,2-3,8H2,1H3,(H2,15,16,17,18)/t13-/m0/s1. The molecule has 3 amide bonds. The molecule has 0 unspecified atom stereocenters. The number of hydrogen-bond acceptors (Lipinski definition) is 2. The Morgan fingerprint density at radius 2 is 1.89 bits per heavy atom. The fraction of sp³-hybridized carbons (Fsp3) is 0.385. The predicted octanol–water partition coefficient (Wildman–Crippen LogP) is 2.05. The van der Waals surface area contributed by atoms with Gasteiger partial charge in [-0.1, -0.05) is 31.9 Å². The Labute approximate surface area is 105 Å². The first-order chi connectivity index (χ1) is 8.58. The summed E-state index contributed by atoms with van der Waals surface area (Å²) in [6.45, 7) is 2.01. The van der Waals surface area contributed by atoms with Crippen LogP contribution < -0.4 is 10.6 Å². The number of imide groups is 1. The van der Waals surface area contributed by atoms with Gasteiger partial charge in [0.05, 0.1) is 0 Å². The van der Waals surface area contributed by atoms with Crippen molar-refractivity contribution in [3.05, 3.63) is 35.6 Å². The second kappa shape index (κ2) is 4.76. The Hall–Kier alpha value is -1.91. The van der Waals surface area contributed by atoms with Gasteiger partial charge in [0, 0.05) is 0 Å². The highest BCUT2D eigenvalue weighted by Gasteiger charge is 2.46. The van der Waals surface area contributed by atoms with Crippen molar-refractivity contribution < 1.29 is 14.0 Å². The molecule has 0 aliphatic carbocycles. The molecule has 96 valence electrons. The highest BCUT2D eigenvalue weighted by Crippen LogP contribution is 2.30. The van der Waals surface area contributed by atoms with Gasteiger partial charge in [0.2, 0.25) is 0 Å². The van der Waals surface area contributed by atoms with Gasteiger partial charge in [0.25, 0.3) is 5.91 Å². The number of hydrogen-bond donors (Lipinski definition) is 2. The molecule has 1 aliphatic heterocycles. The first-order valence-electron chi connectivity index (χ1n) is 5.98. The van der Waals surface area contributed by atoms with Crippen LogP contribution in [0.15, 0.2) is 24.3 Å². The van der Waals surface area contributed by atoms with Crippen molar-refractivity contribution >= 4 is 11.9 Å². The van der Waals surface area contributed by atoms with Gasteiger partial charge in [-0.2, -0.15) is 0 Å². The van der Waals surface area contributed by atoms with E-state index in [2.05, 4.69) is 10.6 Å². The molecule has 0 spiro atoms. The molecule has 0 saturated carbocycles. The molecule has 1 aromatic rings. The third-order valence-electron chi connectivity index (χ3n) is 3.18. The number of urea groups is 1. The van der Waals surface area contributed by atoms with Gasteiger partial charge in [-0.3, -0.25) is 10.1 Å². The molecule has 0 aromatic heterocycles. The Morgan fingerprint density at radius 1 is 1.22 bits per heavy atom. The number of carbonyl (C=O) groups is 2. The number of amides is 3. The molecule has 2 N–H and O–H groups in total. The zero-order valence-corrected chi connectivity index (χ0v) is 10.1. The molecule has 1 aliphatic rings. The summed E-state index contributed by atoms with van der Waals surface area (Å²) in [6.07, 6.45) is 2.21. The van der Waals surface area contributed by atoms with Crippen LogP contribution in [0.2, 0.25) is 0 Å². The largest absolute Gasteiger partial charge is 0.322 e. The van der Waals surface area contributed by atoms with Gasteiger partial charge in [0.15, 0.2) is 0 Å². The molecule has 0 radical (unpaired) electrons. The zero-order valence-electron chi connectivity index (χ0n) is 10.1. The lowest BCUT2D eigenvalue weighted by atomic mass is 9.85. The van der Waals surface area contributed by atoms with Crippen LogP contribution in [0.1, 0.15) is 31.7 Å². The lowest BCUT2D eigenvalue weighted by Gasteiger charge is -2.26. The molecule has 2 rings (SSSR count). The third-order valence-corrected chi connectivity index (χ3v) is 3.18. The van der Waals surface area contributed by atoms with E-state index in [0.29, 0.717) is 12.0 Å². The minimum atomic E-state index is -1.05. The Kier molecular flexibility index (Phi) is 3.32. The van der Waals surface area contributed by atoms with Crippen LogP contribution in [0.5, 0.6) is 0 Å². The quantitative estimate of drug-likeness (QED) is 0.803. The average Bonchev–Trinajstić information content (AvgIpc) is 2.63. The minimum Gasteiger partial charge on any atom is -0.319 e. The summed E-state index contributed by atoms with van der Waals surface area (Å²) in [5.41, 5.74) is -0.443. The van der Waals surface area contributed by atoms with E-state index in [0.717, 1.165) is 12.8 Å². The molecule has 0 bridgehead atoms. The van der Waals surface area contributed by atoms with Gasteiger partial charge in [-0.05, 0) is 24.1 Å². The molecule has 1 saturated heterocycles. The summed E-state index contributed by atoms with van der Waals surface area (Å²) < 4.78 is 12.9. The number of rotatable bonds is 4. The Morgan fingerprint density at radius 3 is 2.39 bits per heavy atom. The lowest BCUT2D eigenvalue weighted by Crippen LogP contribution is -2.43. The van der Waals surface area contributed by atoms with Crippen molar-refractivity contribution in [1.82, 2.24) is 10.6 Å². The molecule has 1 fully saturated rings. The number of benzene rings is 1. The maximum absolute atomic E-state index is 12.9. The van der Waals surface area contributed by atoms with Crippen molar-refractivity contribution in [2.45, 2.75) is 31.7 Å². The molecule has 4 nitrogen and oxygen atoms in total. The highest BCUT2D eigenvalue weighted by molar-refractivity contribution is 6.07. The second-order valence-electron chi connectivity index (χ2n) is 4.42. The number of carbonyl (C=O) groups excluding carboxylic acids is 2. The fourth-order valence-corrected chi connectivity index (χ4v) is 2.19. The van der Waals surface area contributed by atoms with Crippen LogP contribution in [0.25, 0.3) is 0 Å². The second-order valence-corrected chi connectivity index (χ2v) is 4.42. The molecule has 1 atom stereocenters. The zero-order chi connectivity index (χ0) is 13.2. The maximum Gasteiger partial charge on any atom is 0.322 e. The fourth-order valence-electron chi connectivity index (χ4n) is 2.19. The van der Waals surface area contributed by atoms with Crippen LogP contribution in [-0.4, -0.2) is 11.9 Å². The Balaban J connectivity index is 2.39. The van der Waals surface area contributed by atoms with E-state index in [1.165, 1.54) is 24.3 Å². The number of halogens is 1. The monoisotopic (exact) mass is 250 g/mol. The maximum atomic E-state index is 12.9. The summed E-state index contributed by atoms with van der Waals surface area (Å²) in [5.74, 6) is -0.735. The van der Waals surface area contributed by atoms with Gasteiger partial charge < -0.3 is 5.32 Å². The first-order valence-corrected chi connectivity index (χ1v) is 5.98. The first kappa shape index (κ1) is 12.5. The SMILES string of the molecule is CCCC[C@@]1(c2ccc(F)cc2)NC(=O)NC1=O. The van der Waals surface area contributed by atoms with Crippen molar-refractivity contribution in [1.29, 1.82) is 0 Å². The Bertz CT molecular complexity index is 472. The van der Waals surface area contributed by atoms with E-state index in [1.807, 2.05) is 6.92 Å². The molecule has 1 heterocycles. The van der Waals surface area contributed by atoms with Crippen LogP contribution in [0.3, 0.4) is 0 Å². The summed E-state index contributed by atoms with van der Waals surface area (Å²) in [7, 11) is 0. The normalized spacial score (nSPS) is 22.8. The summed E-state index contributed by atoms with van der Waals surface area (Å²) >= 11 is 0. The molecule has 5 heteroatoms. The van der Waals surface area contributed by atoms with Gasteiger partial charge >= 0.3 is 6.03 Å². The summed E-state index contributed by atoms with van der Waals surface area (Å²) in [6, 6.07) is 5.16. The van der Waals surface area contributed by atoms with Crippen LogP contribution >= 0.6 is 0 Å². The van der Waals surface area contributed by atoms with E-state index >= 15 is 0 Å². The number of nitrogens with one attached hydrogen (secondary N) is 2. The van der Waals surface area contributed by atoms with Crippen molar-refractivity contribution in [2.75, 3.05) is 0 Å². The molecule has 18 heavy (non-hydrogen) atoms. The van der Waals surface area contributed by atoms with E-state index < -0.39 is 11.6 Å². The van der Waals surface area contributed by atoms with E-state index in [-0.39, 0.29) is 11.7 Å². The number of unbranched alkanes of at least 4 members (excludes halogenated alkanes) is 1. The smallest absolute Gasteiger partial charge is 0.319 e. The summed E-state index contributed by atoms with van der Waals surface area (Å²) in [5, 5.41) is 4.91. The van der Waals surface area contributed by atoms with Gasteiger partial charge in [-0.15, -0.1) is 0 Å². The molecule has 1 aromatic carbocycles. The van der Waals surface area contributed by atoms with Crippen molar-refractivity contribution in [3.63, 3.8) is 0 Å². The van der Waals surface area contributed by atoms with Crippen molar-refractivity contribution in [2.24, 2.45) is 0 Å². The average molecular weight is 250 g/mol. The highest BCUT2D eigenvalue weighted by atomic mass is 19.1. The topological polar surface area (TPSA) is 58.2 Å².